The van der Waals surface area contributed by atoms with Crippen LogP contribution < -0.4 is 10.1 Å². The van der Waals surface area contributed by atoms with Gasteiger partial charge < -0.3 is 10.1 Å². The van der Waals surface area contributed by atoms with E-state index in [1.165, 1.54) is 5.56 Å². The average Bonchev–Trinajstić information content (AvgIpc) is 2.53. The molecule has 0 saturated heterocycles. The minimum Gasteiger partial charge on any atom is -0.484 e. The summed E-state index contributed by atoms with van der Waals surface area (Å²) in [5, 5.41) is 2.97. The van der Waals surface area contributed by atoms with Crippen LogP contribution in [-0.4, -0.2) is 12.5 Å². The molecule has 0 radical (unpaired) electrons. The Labute approximate surface area is 157 Å². The normalized spacial score (nSPS) is 12.5. The van der Waals surface area contributed by atoms with E-state index in [0.717, 1.165) is 9.13 Å². The summed E-state index contributed by atoms with van der Waals surface area (Å²) in [6, 6.07) is 16.0. The van der Waals surface area contributed by atoms with Crippen molar-refractivity contribution in [3.63, 3.8) is 0 Å². The maximum atomic E-state index is 12.1. The number of ether oxygens (including phenoxy) is 1. The molecule has 0 fully saturated rings. The first kappa shape index (κ1) is 18.8. The predicted molar refractivity (Wildman–Crippen MR) is 106 cm³/mol. The fourth-order valence-electron chi connectivity index (χ4n) is 2.32. The van der Waals surface area contributed by atoms with Gasteiger partial charge in [-0.15, -0.1) is 0 Å². The first-order valence-electron chi connectivity index (χ1n) is 8.04. The molecule has 0 aliphatic rings. The molecule has 2 aromatic rings. The summed E-state index contributed by atoms with van der Waals surface area (Å²) < 4.78 is 6.64. The minimum absolute atomic E-state index is 0.0189. The van der Waals surface area contributed by atoms with Crippen molar-refractivity contribution in [3.05, 3.63) is 63.2 Å². The molecular weight excluding hydrogens is 413 g/mol. The highest BCUT2D eigenvalue weighted by atomic mass is 127. The van der Waals surface area contributed by atoms with Crippen LogP contribution in [0.4, 0.5) is 0 Å². The molecule has 0 bridgehead atoms. The molecule has 0 aliphatic heterocycles. The van der Waals surface area contributed by atoms with Gasteiger partial charge in [-0.2, -0.15) is 0 Å². The number of hydrogen-bond donors (Lipinski definition) is 1. The third kappa shape index (κ3) is 5.51. The monoisotopic (exact) mass is 437 g/mol. The Balaban J connectivity index is 1.88. The van der Waals surface area contributed by atoms with Crippen LogP contribution in [0.2, 0.25) is 0 Å². The van der Waals surface area contributed by atoms with Crippen molar-refractivity contribution in [2.24, 2.45) is 0 Å². The topological polar surface area (TPSA) is 38.3 Å². The summed E-state index contributed by atoms with van der Waals surface area (Å²) in [5.41, 5.74) is 2.50. The summed E-state index contributed by atoms with van der Waals surface area (Å²) in [6.45, 7) is 8.57. The van der Waals surface area contributed by atoms with E-state index in [4.69, 9.17) is 4.74 Å². The van der Waals surface area contributed by atoms with Crippen molar-refractivity contribution in [2.75, 3.05) is 6.61 Å². The van der Waals surface area contributed by atoms with Crippen LogP contribution in [0.25, 0.3) is 0 Å². The molecule has 0 spiro atoms. The Hall–Kier alpha value is -1.56. The molecule has 1 amide bonds. The lowest BCUT2D eigenvalue weighted by molar-refractivity contribution is -0.123. The van der Waals surface area contributed by atoms with Gasteiger partial charge in [0, 0.05) is 3.57 Å². The number of nitrogens with one attached hydrogen (secondary N) is 1. The maximum absolute atomic E-state index is 12.1. The van der Waals surface area contributed by atoms with Crippen molar-refractivity contribution in [1.82, 2.24) is 5.32 Å². The number of carbonyl (C=O) groups is 1. The number of halogens is 1. The van der Waals surface area contributed by atoms with Crippen molar-refractivity contribution in [2.45, 2.75) is 39.2 Å². The number of hydrogen-bond acceptors (Lipinski definition) is 2. The minimum atomic E-state index is -0.124. The molecule has 0 saturated carbocycles. The van der Waals surface area contributed by atoms with Gasteiger partial charge >= 0.3 is 0 Å². The molecule has 4 heteroatoms. The summed E-state index contributed by atoms with van der Waals surface area (Å²) in [6.07, 6.45) is 0. The van der Waals surface area contributed by atoms with Gasteiger partial charge in [-0.3, -0.25) is 4.79 Å². The Morgan fingerprint density at radius 3 is 2.21 bits per heavy atom. The van der Waals surface area contributed by atoms with Crippen LogP contribution >= 0.6 is 22.6 Å². The van der Waals surface area contributed by atoms with E-state index < -0.39 is 0 Å². The van der Waals surface area contributed by atoms with Gasteiger partial charge in [0.15, 0.2) is 6.61 Å². The third-order valence-electron chi connectivity index (χ3n) is 3.84. The van der Waals surface area contributed by atoms with Crippen LogP contribution in [0.5, 0.6) is 5.75 Å². The van der Waals surface area contributed by atoms with E-state index in [1.54, 1.807) is 0 Å². The van der Waals surface area contributed by atoms with Crippen molar-refractivity contribution in [1.29, 1.82) is 0 Å². The molecule has 3 nitrogen and oxygen atoms in total. The largest absolute Gasteiger partial charge is 0.484 e. The lowest BCUT2D eigenvalue weighted by atomic mass is 9.86. The Morgan fingerprint density at radius 1 is 1.08 bits per heavy atom. The number of amides is 1. The summed E-state index contributed by atoms with van der Waals surface area (Å²) in [5.74, 6) is 0.577. The zero-order valence-electron chi connectivity index (χ0n) is 14.6. The van der Waals surface area contributed by atoms with Crippen LogP contribution in [-0.2, 0) is 10.2 Å². The van der Waals surface area contributed by atoms with Crippen molar-refractivity contribution < 1.29 is 9.53 Å². The Bertz CT molecular complexity index is 672. The molecular formula is C20H24INO2. The van der Waals surface area contributed by atoms with E-state index in [9.17, 15) is 4.79 Å². The quantitative estimate of drug-likeness (QED) is 0.680. The van der Waals surface area contributed by atoms with Gasteiger partial charge in [0.1, 0.15) is 5.75 Å². The molecule has 0 aromatic heterocycles. The maximum Gasteiger partial charge on any atom is 0.258 e. The molecule has 0 heterocycles. The van der Waals surface area contributed by atoms with Crippen LogP contribution in [0.15, 0.2) is 48.5 Å². The highest BCUT2D eigenvalue weighted by Crippen LogP contribution is 2.23. The van der Waals surface area contributed by atoms with E-state index in [2.05, 4.69) is 72.9 Å². The van der Waals surface area contributed by atoms with E-state index >= 15 is 0 Å². The smallest absolute Gasteiger partial charge is 0.258 e. The molecule has 0 aliphatic carbocycles. The highest BCUT2D eigenvalue weighted by Gasteiger charge is 2.15. The van der Waals surface area contributed by atoms with E-state index in [1.807, 2.05) is 31.2 Å². The first-order valence-corrected chi connectivity index (χ1v) is 9.12. The molecule has 1 atom stereocenters. The van der Waals surface area contributed by atoms with Crippen LogP contribution in [0.3, 0.4) is 0 Å². The van der Waals surface area contributed by atoms with Crippen molar-refractivity contribution in [3.8, 4) is 5.75 Å². The SMILES string of the molecule is CC(NC(=O)COc1ccc(I)cc1)c1ccc(C(C)(C)C)cc1. The Morgan fingerprint density at radius 2 is 1.67 bits per heavy atom. The van der Waals surface area contributed by atoms with Gasteiger partial charge in [-0.25, -0.2) is 0 Å². The van der Waals surface area contributed by atoms with Crippen LogP contribution in [0.1, 0.15) is 44.9 Å². The summed E-state index contributed by atoms with van der Waals surface area (Å²) in [4.78, 5) is 12.1. The number of rotatable bonds is 5. The predicted octanol–water partition coefficient (Wildman–Crippen LogP) is 4.84. The lowest BCUT2D eigenvalue weighted by Gasteiger charge is -2.20. The third-order valence-corrected chi connectivity index (χ3v) is 4.56. The summed E-state index contributed by atoms with van der Waals surface area (Å²) in [7, 11) is 0. The molecule has 2 aromatic carbocycles. The van der Waals surface area contributed by atoms with Crippen LogP contribution in [0, 0.1) is 3.57 Å². The number of benzene rings is 2. The van der Waals surface area contributed by atoms with E-state index in [-0.39, 0.29) is 24.0 Å². The zero-order chi connectivity index (χ0) is 17.7. The number of carbonyl (C=O) groups excluding carboxylic acids is 1. The zero-order valence-corrected chi connectivity index (χ0v) is 16.8. The standard InChI is InChI=1S/C20H24INO2/c1-14(15-5-7-16(8-6-15)20(2,3)4)22-19(23)13-24-18-11-9-17(21)10-12-18/h5-12,14H,13H2,1-4H3,(H,22,23). The Kier molecular flexibility index (Phi) is 6.27. The molecule has 1 unspecified atom stereocenters. The second kappa shape index (κ2) is 8.01. The second-order valence-corrected chi connectivity index (χ2v) is 8.15. The molecule has 128 valence electrons. The van der Waals surface area contributed by atoms with Gasteiger partial charge in [0.25, 0.3) is 5.91 Å². The fraction of sp³-hybridized carbons (Fsp3) is 0.350. The van der Waals surface area contributed by atoms with Crippen molar-refractivity contribution >= 4 is 28.5 Å². The highest BCUT2D eigenvalue weighted by molar-refractivity contribution is 14.1. The first-order chi connectivity index (χ1) is 11.3. The molecule has 1 N–H and O–H groups in total. The van der Waals surface area contributed by atoms with Gasteiger partial charge in [0.2, 0.25) is 0 Å². The van der Waals surface area contributed by atoms with Gasteiger partial charge in [-0.1, -0.05) is 45.0 Å². The second-order valence-electron chi connectivity index (χ2n) is 6.90. The van der Waals surface area contributed by atoms with Gasteiger partial charge in [-0.05, 0) is 70.3 Å². The lowest BCUT2D eigenvalue weighted by Crippen LogP contribution is -2.31. The molecule has 2 rings (SSSR count). The fourth-order valence-corrected chi connectivity index (χ4v) is 2.68. The summed E-state index contributed by atoms with van der Waals surface area (Å²) >= 11 is 2.23. The molecule has 24 heavy (non-hydrogen) atoms. The average molecular weight is 437 g/mol. The van der Waals surface area contributed by atoms with Gasteiger partial charge in [0.05, 0.1) is 6.04 Å². The van der Waals surface area contributed by atoms with E-state index in [0.29, 0.717) is 5.75 Å².